The van der Waals surface area contributed by atoms with Gasteiger partial charge in [0.15, 0.2) is 0 Å². The highest BCUT2D eigenvalue weighted by Gasteiger charge is 2.15. The number of anilines is 1. The molecule has 0 aromatic carbocycles. The van der Waals surface area contributed by atoms with Crippen LogP contribution < -0.4 is 5.32 Å². The largest absolute Gasteiger partial charge is 0.375 e. The first-order chi connectivity index (χ1) is 7.99. The predicted octanol–water partition coefficient (Wildman–Crippen LogP) is 3.27. The van der Waals surface area contributed by atoms with E-state index in [4.69, 9.17) is 0 Å². The number of thiazole rings is 1. The SMILES string of the molecule is Cc1nc(C)c(C(C)Nc2c(C)n[nH]c2C)s1. The molecular formula is C12H18N4S. The fourth-order valence-corrected chi connectivity index (χ4v) is 2.92. The highest BCUT2D eigenvalue weighted by atomic mass is 32.1. The Morgan fingerprint density at radius 3 is 2.35 bits per heavy atom. The molecule has 0 amide bonds. The molecule has 0 saturated carbocycles. The molecule has 0 fully saturated rings. The molecule has 0 radical (unpaired) electrons. The number of hydrogen-bond donors (Lipinski definition) is 2. The number of H-pyrrole nitrogens is 1. The van der Waals surface area contributed by atoms with Crippen LogP contribution in [-0.2, 0) is 0 Å². The van der Waals surface area contributed by atoms with E-state index in [0.717, 1.165) is 27.8 Å². The minimum atomic E-state index is 0.260. The molecular weight excluding hydrogens is 232 g/mol. The quantitative estimate of drug-likeness (QED) is 0.879. The van der Waals surface area contributed by atoms with Crippen LogP contribution in [0.2, 0.25) is 0 Å². The lowest BCUT2D eigenvalue weighted by Crippen LogP contribution is -2.07. The summed E-state index contributed by atoms with van der Waals surface area (Å²) in [4.78, 5) is 5.76. The van der Waals surface area contributed by atoms with Crippen LogP contribution in [0.3, 0.4) is 0 Å². The molecule has 1 unspecified atom stereocenters. The summed E-state index contributed by atoms with van der Waals surface area (Å²) in [7, 11) is 0. The molecule has 2 heterocycles. The van der Waals surface area contributed by atoms with Crippen LogP contribution in [0.25, 0.3) is 0 Å². The summed E-state index contributed by atoms with van der Waals surface area (Å²) < 4.78 is 0. The van der Waals surface area contributed by atoms with Crippen LogP contribution in [0.5, 0.6) is 0 Å². The molecule has 2 rings (SSSR count). The molecule has 0 spiro atoms. The molecule has 2 aromatic heterocycles. The molecule has 4 nitrogen and oxygen atoms in total. The van der Waals surface area contributed by atoms with Gasteiger partial charge in [0, 0.05) is 4.88 Å². The highest BCUT2D eigenvalue weighted by molar-refractivity contribution is 7.11. The Hall–Kier alpha value is -1.36. The first-order valence-corrected chi connectivity index (χ1v) is 6.52. The van der Waals surface area contributed by atoms with Crippen molar-refractivity contribution in [2.75, 3.05) is 5.32 Å². The van der Waals surface area contributed by atoms with E-state index in [0.29, 0.717) is 0 Å². The van der Waals surface area contributed by atoms with Crippen molar-refractivity contribution in [2.24, 2.45) is 0 Å². The van der Waals surface area contributed by atoms with Gasteiger partial charge in [-0.25, -0.2) is 4.98 Å². The van der Waals surface area contributed by atoms with Crippen LogP contribution in [-0.4, -0.2) is 15.2 Å². The Kier molecular flexibility index (Phi) is 3.19. The second kappa shape index (κ2) is 4.49. The second-order valence-electron chi connectivity index (χ2n) is 4.36. The Labute approximate surface area is 105 Å². The van der Waals surface area contributed by atoms with Crippen LogP contribution in [0, 0.1) is 27.7 Å². The number of aryl methyl sites for hydroxylation is 4. The maximum absolute atomic E-state index is 4.46. The average molecular weight is 250 g/mol. The van der Waals surface area contributed by atoms with Gasteiger partial charge in [0.2, 0.25) is 0 Å². The zero-order chi connectivity index (χ0) is 12.6. The molecule has 0 aliphatic carbocycles. The molecule has 0 aliphatic heterocycles. The van der Waals surface area contributed by atoms with E-state index >= 15 is 0 Å². The molecule has 2 aromatic rings. The van der Waals surface area contributed by atoms with Crippen LogP contribution in [0.15, 0.2) is 0 Å². The standard InChI is InChI=1S/C12H18N4S/c1-6-11(7(2)16-15-6)14-9(4)12-8(3)13-10(5)17-12/h9,14H,1-5H3,(H,15,16). The molecule has 2 N–H and O–H groups in total. The van der Waals surface area contributed by atoms with Gasteiger partial charge < -0.3 is 5.32 Å². The van der Waals surface area contributed by atoms with E-state index in [-0.39, 0.29) is 6.04 Å². The minimum absolute atomic E-state index is 0.260. The van der Waals surface area contributed by atoms with Gasteiger partial charge in [-0.15, -0.1) is 11.3 Å². The first-order valence-electron chi connectivity index (χ1n) is 5.71. The highest BCUT2D eigenvalue weighted by Crippen LogP contribution is 2.29. The zero-order valence-electron chi connectivity index (χ0n) is 10.9. The van der Waals surface area contributed by atoms with Gasteiger partial charge >= 0.3 is 0 Å². The third-order valence-electron chi connectivity index (χ3n) is 2.82. The Balaban J connectivity index is 2.22. The topological polar surface area (TPSA) is 53.6 Å². The summed E-state index contributed by atoms with van der Waals surface area (Å²) in [6.45, 7) is 10.3. The predicted molar refractivity (Wildman–Crippen MR) is 71.7 cm³/mol. The maximum atomic E-state index is 4.46. The van der Waals surface area contributed by atoms with Crippen LogP contribution in [0.1, 0.15) is 39.9 Å². The molecule has 5 heteroatoms. The Morgan fingerprint density at radius 2 is 1.88 bits per heavy atom. The first kappa shape index (κ1) is 12.1. The molecule has 0 aliphatic rings. The molecule has 17 heavy (non-hydrogen) atoms. The van der Waals surface area contributed by atoms with Gasteiger partial charge in [-0.1, -0.05) is 0 Å². The second-order valence-corrected chi connectivity index (χ2v) is 5.59. The summed E-state index contributed by atoms with van der Waals surface area (Å²) in [5.41, 5.74) is 4.30. The van der Waals surface area contributed by atoms with Crippen LogP contribution in [0.4, 0.5) is 5.69 Å². The van der Waals surface area contributed by atoms with Crippen molar-refractivity contribution in [2.45, 2.75) is 40.7 Å². The third kappa shape index (κ3) is 2.34. The van der Waals surface area contributed by atoms with Gasteiger partial charge in [0.1, 0.15) is 0 Å². The van der Waals surface area contributed by atoms with Crippen molar-refractivity contribution in [1.82, 2.24) is 15.2 Å². The van der Waals surface area contributed by atoms with Gasteiger partial charge in [-0.2, -0.15) is 5.10 Å². The lowest BCUT2D eigenvalue weighted by atomic mass is 10.2. The van der Waals surface area contributed by atoms with Crippen molar-refractivity contribution in [3.05, 3.63) is 27.0 Å². The Morgan fingerprint density at radius 1 is 1.18 bits per heavy atom. The summed E-state index contributed by atoms with van der Waals surface area (Å²) in [6.07, 6.45) is 0. The lowest BCUT2D eigenvalue weighted by molar-refractivity contribution is 0.885. The monoisotopic (exact) mass is 250 g/mol. The molecule has 0 saturated heterocycles. The fraction of sp³-hybridized carbons (Fsp3) is 0.500. The van der Waals surface area contributed by atoms with Crippen molar-refractivity contribution >= 4 is 17.0 Å². The van der Waals surface area contributed by atoms with Crippen molar-refractivity contribution in [1.29, 1.82) is 0 Å². The molecule has 1 atom stereocenters. The van der Waals surface area contributed by atoms with Crippen molar-refractivity contribution in [3.8, 4) is 0 Å². The van der Waals surface area contributed by atoms with Crippen LogP contribution >= 0.6 is 11.3 Å². The molecule has 92 valence electrons. The summed E-state index contributed by atoms with van der Waals surface area (Å²) >= 11 is 1.75. The smallest absolute Gasteiger partial charge is 0.0900 e. The number of aromatic nitrogens is 3. The van der Waals surface area contributed by atoms with E-state index in [1.54, 1.807) is 11.3 Å². The maximum Gasteiger partial charge on any atom is 0.0900 e. The van der Waals surface area contributed by atoms with E-state index in [2.05, 4.69) is 34.3 Å². The van der Waals surface area contributed by atoms with Gasteiger partial charge in [-0.3, -0.25) is 5.10 Å². The number of aromatic amines is 1. The number of nitrogens with zero attached hydrogens (tertiary/aromatic N) is 2. The van der Waals surface area contributed by atoms with E-state index in [1.807, 2.05) is 20.8 Å². The van der Waals surface area contributed by atoms with Gasteiger partial charge in [0.05, 0.1) is 33.8 Å². The number of hydrogen-bond acceptors (Lipinski definition) is 4. The van der Waals surface area contributed by atoms with E-state index in [1.165, 1.54) is 4.88 Å². The van der Waals surface area contributed by atoms with E-state index < -0.39 is 0 Å². The number of rotatable bonds is 3. The zero-order valence-corrected chi connectivity index (χ0v) is 11.7. The fourth-order valence-electron chi connectivity index (χ4n) is 1.99. The summed E-state index contributed by atoms with van der Waals surface area (Å²) in [5, 5.41) is 11.8. The third-order valence-corrected chi connectivity index (χ3v) is 4.08. The number of nitrogens with one attached hydrogen (secondary N) is 2. The minimum Gasteiger partial charge on any atom is -0.375 e. The van der Waals surface area contributed by atoms with Crippen molar-refractivity contribution < 1.29 is 0 Å². The van der Waals surface area contributed by atoms with Gasteiger partial charge in [-0.05, 0) is 34.6 Å². The van der Waals surface area contributed by atoms with Gasteiger partial charge in [0.25, 0.3) is 0 Å². The Bertz CT molecular complexity index is 507. The summed E-state index contributed by atoms with van der Waals surface area (Å²) in [5.74, 6) is 0. The normalized spacial score (nSPS) is 12.8. The van der Waals surface area contributed by atoms with E-state index in [9.17, 15) is 0 Å². The molecule has 0 bridgehead atoms. The lowest BCUT2D eigenvalue weighted by Gasteiger charge is -2.14. The van der Waals surface area contributed by atoms with Crippen molar-refractivity contribution in [3.63, 3.8) is 0 Å². The average Bonchev–Trinajstić information content (AvgIpc) is 2.74. The summed E-state index contributed by atoms with van der Waals surface area (Å²) in [6, 6.07) is 0.260.